The van der Waals surface area contributed by atoms with Crippen LogP contribution in [0.25, 0.3) is 0 Å². The lowest BCUT2D eigenvalue weighted by Gasteiger charge is -2.21. The molecule has 0 aliphatic heterocycles. The molecule has 0 amide bonds. The van der Waals surface area contributed by atoms with Gasteiger partial charge in [0.15, 0.2) is 12.2 Å². The quantitative estimate of drug-likeness (QED) is 0.0169. The van der Waals surface area contributed by atoms with Crippen molar-refractivity contribution >= 4 is 39.5 Å². The summed E-state index contributed by atoms with van der Waals surface area (Å²) in [5, 5.41) is 10.6. The van der Waals surface area contributed by atoms with Crippen LogP contribution in [-0.2, 0) is 65.4 Å². The average molecular weight is 1480 g/mol. The highest BCUT2D eigenvalue weighted by Gasteiger charge is 2.30. The van der Waals surface area contributed by atoms with E-state index in [1.807, 2.05) is 0 Å². The first-order valence-electron chi connectivity index (χ1n) is 40.1. The van der Waals surface area contributed by atoms with Crippen LogP contribution in [0, 0.1) is 0 Å². The number of carbonyl (C=O) groups is 4. The Hall–Kier alpha value is -4.28. The third kappa shape index (κ3) is 74.0. The molecule has 0 fully saturated rings. The molecular formula is C83H144O17P2. The van der Waals surface area contributed by atoms with Crippen molar-refractivity contribution in [1.29, 1.82) is 0 Å². The first kappa shape index (κ1) is 97.7. The molecule has 0 aromatic carbocycles. The molecule has 0 bridgehead atoms. The number of hydrogen-bond donors (Lipinski definition) is 3. The largest absolute Gasteiger partial charge is 0.472 e. The Balaban J connectivity index is 5.39. The van der Waals surface area contributed by atoms with E-state index in [1.165, 1.54) is 96.3 Å². The minimum atomic E-state index is -4.99. The fourth-order valence-electron chi connectivity index (χ4n) is 10.7. The third-order valence-electron chi connectivity index (χ3n) is 16.7. The Labute approximate surface area is 619 Å². The van der Waals surface area contributed by atoms with Gasteiger partial charge < -0.3 is 33.8 Å². The van der Waals surface area contributed by atoms with Crippen LogP contribution in [0.3, 0.4) is 0 Å². The molecule has 3 N–H and O–H groups in total. The summed E-state index contributed by atoms with van der Waals surface area (Å²) in [5.74, 6) is -2.22. The van der Waals surface area contributed by atoms with Crippen molar-refractivity contribution in [2.45, 2.75) is 354 Å². The van der Waals surface area contributed by atoms with Crippen LogP contribution in [0.5, 0.6) is 0 Å². The van der Waals surface area contributed by atoms with Crippen molar-refractivity contribution in [2.24, 2.45) is 0 Å². The lowest BCUT2D eigenvalue weighted by atomic mass is 10.0. The Morgan fingerprint density at radius 2 is 0.510 bits per heavy atom. The zero-order chi connectivity index (χ0) is 74.6. The molecule has 0 aromatic rings. The summed E-state index contributed by atoms with van der Waals surface area (Å²) in [6.45, 7) is 4.61. The van der Waals surface area contributed by atoms with Crippen LogP contribution in [0.1, 0.15) is 336 Å². The minimum absolute atomic E-state index is 0.0597. The number of unbranched alkanes of at least 4 members (excludes halogenated alkanes) is 31. The predicted octanol–water partition coefficient (Wildman–Crippen LogP) is 23.3. The number of phosphoric acid groups is 2. The highest BCUT2D eigenvalue weighted by Crippen LogP contribution is 2.45. The van der Waals surface area contributed by atoms with E-state index in [9.17, 15) is 43.2 Å². The monoisotopic (exact) mass is 1470 g/mol. The molecule has 588 valence electrons. The first-order valence-corrected chi connectivity index (χ1v) is 43.1. The molecule has 0 radical (unpaired) electrons. The second-order valence-corrected chi connectivity index (χ2v) is 29.5. The van der Waals surface area contributed by atoms with Gasteiger partial charge in [-0.25, -0.2) is 9.13 Å². The second-order valence-electron chi connectivity index (χ2n) is 26.6. The molecule has 0 aliphatic rings. The van der Waals surface area contributed by atoms with E-state index in [-0.39, 0.29) is 25.7 Å². The number of rotatable bonds is 75. The van der Waals surface area contributed by atoms with E-state index in [0.29, 0.717) is 25.7 Å². The molecule has 0 heterocycles. The molecule has 0 saturated heterocycles. The highest BCUT2D eigenvalue weighted by atomic mass is 31.2. The zero-order valence-electron chi connectivity index (χ0n) is 64.3. The minimum Gasteiger partial charge on any atom is -0.462 e. The van der Waals surface area contributed by atoms with Crippen LogP contribution in [0.2, 0.25) is 0 Å². The van der Waals surface area contributed by atoms with E-state index in [2.05, 4.69) is 137 Å². The van der Waals surface area contributed by atoms with Gasteiger partial charge in [0, 0.05) is 25.7 Å². The molecule has 0 aromatic heterocycles. The second kappa shape index (κ2) is 75.0. The number of allylic oxidation sites excluding steroid dienone is 18. The molecule has 102 heavy (non-hydrogen) atoms. The predicted molar refractivity (Wildman–Crippen MR) is 418 cm³/mol. The van der Waals surface area contributed by atoms with Crippen molar-refractivity contribution in [3.8, 4) is 0 Å². The van der Waals surface area contributed by atoms with Gasteiger partial charge >= 0.3 is 39.5 Å². The van der Waals surface area contributed by atoms with Gasteiger partial charge in [-0.05, 0) is 128 Å². The van der Waals surface area contributed by atoms with Crippen molar-refractivity contribution in [3.05, 3.63) is 109 Å². The Morgan fingerprint density at radius 3 is 0.804 bits per heavy atom. The Kier molecular flexibility index (Phi) is 71.8. The summed E-state index contributed by atoms with van der Waals surface area (Å²) in [5.41, 5.74) is 0. The van der Waals surface area contributed by atoms with E-state index < -0.39 is 97.5 Å². The van der Waals surface area contributed by atoms with Gasteiger partial charge in [-0.15, -0.1) is 0 Å². The summed E-state index contributed by atoms with van der Waals surface area (Å²) in [7, 11) is -9.97. The van der Waals surface area contributed by atoms with Gasteiger partial charge in [-0.1, -0.05) is 291 Å². The molecule has 17 nitrogen and oxygen atoms in total. The van der Waals surface area contributed by atoms with Crippen LogP contribution in [0.4, 0.5) is 0 Å². The van der Waals surface area contributed by atoms with E-state index >= 15 is 0 Å². The summed E-state index contributed by atoms with van der Waals surface area (Å²) in [4.78, 5) is 73.0. The van der Waals surface area contributed by atoms with E-state index in [0.717, 1.165) is 161 Å². The van der Waals surface area contributed by atoms with Gasteiger partial charge in [0.2, 0.25) is 0 Å². The molecule has 5 unspecified atom stereocenters. The van der Waals surface area contributed by atoms with Gasteiger partial charge in [-0.2, -0.15) is 0 Å². The third-order valence-corrected chi connectivity index (χ3v) is 18.6. The smallest absolute Gasteiger partial charge is 0.462 e. The van der Waals surface area contributed by atoms with E-state index in [4.69, 9.17) is 37.0 Å². The molecular weight excluding hydrogens is 1330 g/mol. The molecule has 5 atom stereocenters. The number of aliphatic hydroxyl groups excluding tert-OH is 1. The van der Waals surface area contributed by atoms with Gasteiger partial charge in [-0.3, -0.25) is 37.3 Å². The lowest BCUT2D eigenvalue weighted by Crippen LogP contribution is -2.30. The maximum absolute atomic E-state index is 13.1. The maximum atomic E-state index is 13.1. The van der Waals surface area contributed by atoms with Crippen molar-refractivity contribution in [2.75, 3.05) is 39.6 Å². The van der Waals surface area contributed by atoms with E-state index in [1.54, 1.807) is 0 Å². The van der Waals surface area contributed by atoms with Crippen LogP contribution >= 0.6 is 15.6 Å². The summed E-state index contributed by atoms with van der Waals surface area (Å²) in [6, 6.07) is 0. The normalized spacial score (nSPS) is 14.5. The van der Waals surface area contributed by atoms with Crippen LogP contribution in [0.15, 0.2) is 109 Å². The number of aliphatic hydroxyl groups is 1. The van der Waals surface area contributed by atoms with Gasteiger partial charge in [0.25, 0.3) is 0 Å². The molecule has 0 spiro atoms. The SMILES string of the molecule is CC/C=C\C/C=C\C/C=C\C/C=C\CCCCCCC(=O)OCC(COP(=O)(O)OCC(O)COP(=O)(O)OCC(COC(=O)CCCCCCCCCCCCCCCCC)OC(=O)CCCCCCC/C=C\CCCCCC)OC(=O)CCCCCC/C=C\C/C=C\C/C=C\C/C=C\CC. The number of hydrogen-bond acceptors (Lipinski definition) is 15. The van der Waals surface area contributed by atoms with Crippen molar-refractivity contribution in [3.63, 3.8) is 0 Å². The number of carbonyl (C=O) groups excluding carboxylic acids is 4. The first-order chi connectivity index (χ1) is 49.7. The molecule has 0 aliphatic carbocycles. The molecule has 19 heteroatoms. The number of ether oxygens (including phenoxy) is 4. The number of phosphoric ester groups is 2. The molecule has 0 saturated carbocycles. The fraction of sp³-hybridized carbons (Fsp3) is 0.735. The standard InChI is InChI=1S/C83H144O17P2/c1-5-9-13-17-21-25-29-33-36-38-41-45-48-52-56-60-64-68-81(86)94-74-79(100-83(88)70-66-62-58-54-50-46-42-39-37-34-30-26-22-18-14-10-6-2)76-98-102(91,92)96-72-77(84)71-95-101(89,90)97-75-78(99-82(87)69-65-61-57-53-49-43-32-28-24-20-16-12-8-4)73-93-80(85)67-63-59-55-51-47-44-40-35-31-27-23-19-15-11-7-3/h9-10,13-14,21-22,25-26,28,32-34,36-37,41-42,45-46,77-79,84H,5-8,11-12,15-20,23-24,27,29-31,35,38-40,43-44,47-76H2,1-4H3,(H,89,90)(H,91,92)/b13-9-,14-10-,25-21-,26-22-,32-28-,36-33-,37-34-,45-41-,46-42-. The fourth-order valence-corrected chi connectivity index (χ4v) is 12.2. The van der Waals surface area contributed by atoms with Crippen molar-refractivity contribution < 1.29 is 80.2 Å². The topological polar surface area (TPSA) is 237 Å². The Morgan fingerprint density at radius 1 is 0.284 bits per heavy atom. The lowest BCUT2D eigenvalue weighted by molar-refractivity contribution is -0.161. The average Bonchev–Trinajstić information content (AvgIpc) is 0.959. The zero-order valence-corrected chi connectivity index (χ0v) is 66.0. The van der Waals surface area contributed by atoms with Gasteiger partial charge in [0.05, 0.1) is 26.4 Å². The van der Waals surface area contributed by atoms with Crippen molar-refractivity contribution in [1.82, 2.24) is 0 Å². The highest BCUT2D eigenvalue weighted by molar-refractivity contribution is 7.47. The summed E-state index contributed by atoms with van der Waals surface area (Å²) < 4.78 is 68.6. The maximum Gasteiger partial charge on any atom is 0.472 e. The number of esters is 4. The van der Waals surface area contributed by atoms with Gasteiger partial charge in [0.1, 0.15) is 19.3 Å². The summed E-state index contributed by atoms with van der Waals surface area (Å²) >= 11 is 0. The Bertz CT molecular complexity index is 2360. The van der Waals surface area contributed by atoms with Crippen LogP contribution in [-0.4, -0.2) is 96.7 Å². The van der Waals surface area contributed by atoms with Crippen LogP contribution < -0.4 is 0 Å². The molecule has 0 rings (SSSR count). The summed E-state index contributed by atoms with van der Waals surface area (Å²) in [6.07, 6.45) is 80.6.